The van der Waals surface area contributed by atoms with Crippen molar-refractivity contribution in [3.05, 3.63) is 34.5 Å². The maximum atomic E-state index is 14.5. The van der Waals surface area contributed by atoms with E-state index in [9.17, 15) is 13.6 Å². The van der Waals surface area contributed by atoms with Crippen molar-refractivity contribution in [2.24, 2.45) is 0 Å². The number of nitrogens with two attached hydrogens (primary N) is 1. The first kappa shape index (κ1) is 15.3. The lowest BCUT2D eigenvalue weighted by atomic mass is 10.1. The van der Waals surface area contributed by atoms with Gasteiger partial charge in [-0.3, -0.25) is 0 Å². The number of hydrogen-bond donors (Lipinski definition) is 1. The number of rotatable bonds is 2. The van der Waals surface area contributed by atoms with E-state index in [-0.39, 0.29) is 40.4 Å². The van der Waals surface area contributed by atoms with Gasteiger partial charge in [-0.1, -0.05) is 11.6 Å². The molecule has 1 aliphatic heterocycles. The summed E-state index contributed by atoms with van der Waals surface area (Å²) >= 11 is 5.88. The first-order valence-electron chi connectivity index (χ1n) is 6.26. The Hall–Kier alpha value is -2.61. The second kappa shape index (κ2) is 5.54. The number of halogens is 3. The smallest absolute Gasteiger partial charge is 0.358 e. The molecule has 9 heteroatoms. The number of pyridine rings is 1. The van der Waals surface area contributed by atoms with Crippen molar-refractivity contribution in [2.75, 3.05) is 19.6 Å². The van der Waals surface area contributed by atoms with Gasteiger partial charge in [0.25, 0.3) is 0 Å². The second-order valence-electron chi connectivity index (χ2n) is 4.53. The van der Waals surface area contributed by atoms with E-state index in [1.807, 2.05) is 0 Å². The number of nitrogens with zero attached hydrogens (tertiary/aromatic N) is 1. The molecule has 2 aromatic rings. The first-order chi connectivity index (χ1) is 10.9. The average Bonchev–Trinajstić information content (AvgIpc) is 2.98. The number of fused-ring (bicyclic) bond motifs is 1. The van der Waals surface area contributed by atoms with Gasteiger partial charge in [-0.15, -0.1) is 0 Å². The van der Waals surface area contributed by atoms with Crippen LogP contribution in [-0.2, 0) is 4.74 Å². The lowest BCUT2D eigenvalue weighted by molar-refractivity contribution is 0.0594. The normalized spacial score (nSPS) is 12.3. The van der Waals surface area contributed by atoms with Gasteiger partial charge in [0.05, 0.1) is 29.1 Å². The third-order valence-corrected chi connectivity index (χ3v) is 3.57. The largest absolute Gasteiger partial charge is 0.464 e. The minimum Gasteiger partial charge on any atom is -0.464 e. The van der Waals surface area contributed by atoms with Crippen LogP contribution in [-0.4, -0.2) is 24.9 Å². The molecule has 0 spiro atoms. The van der Waals surface area contributed by atoms with Gasteiger partial charge in [0, 0.05) is 6.07 Å². The number of carbonyl (C=O) groups excluding carboxylic acids is 1. The zero-order chi connectivity index (χ0) is 16.7. The van der Waals surface area contributed by atoms with Crippen LogP contribution in [0.5, 0.6) is 11.5 Å². The minimum absolute atomic E-state index is 0.0566. The number of nitrogen functional groups attached to an aromatic ring is 1. The Morgan fingerprint density at radius 2 is 2.13 bits per heavy atom. The van der Waals surface area contributed by atoms with Crippen LogP contribution in [0, 0.1) is 11.6 Å². The summed E-state index contributed by atoms with van der Waals surface area (Å²) in [5.41, 5.74) is 4.53. The van der Waals surface area contributed by atoms with Gasteiger partial charge in [0.15, 0.2) is 17.3 Å². The summed E-state index contributed by atoms with van der Waals surface area (Å²) in [6.07, 6.45) is 0. The Labute approximate surface area is 133 Å². The van der Waals surface area contributed by atoms with Gasteiger partial charge in [0.1, 0.15) is 5.82 Å². The zero-order valence-electron chi connectivity index (χ0n) is 11.7. The van der Waals surface area contributed by atoms with Crippen LogP contribution in [0.25, 0.3) is 11.3 Å². The molecule has 0 saturated carbocycles. The minimum atomic E-state index is -1.01. The molecule has 120 valence electrons. The highest BCUT2D eigenvalue weighted by atomic mass is 35.5. The number of carbonyl (C=O) groups is 1. The van der Waals surface area contributed by atoms with Gasteiger partial charge < -0.3 is 19.9 Å². The highest BCUT2D eigenvalue weighted by molar-refractivity contribution is 6.35. The fraction of sp³-hybridized carbons (Fsp3) is 0.143. The fourth-order valence-corrected chi connectivity index (χ4v) is 2.29. The summed E-state index contributed by atoms with van der Waals surface area (Å²) < 4.78 is 43.1. The molecule has 23 heavy (non-hydrogen) atoms. The van der Waals surface area contributed by atoms with Crippen molar-refractivity contribution < 1.29 is 27.8 Å². The van der Waals surface area contributed by atoms with Gasteiger partial charge in [0.2, 0.25) is 12.5 Å². The highest BCUT2D eigenvalue weighted by Gasteiger charge is 2.28. The summed E-state index contributed by atoms with van der Waals surface area (Å²) in [7, 11) is 1.12. The van der Waals surface area contributed by atoms with Crippen molar-refractivity contribution >= 4 is 23.3 Å². The van der Waals surface area contributed by atoms with E-state index in [0.29, 0.717) is 0 Å². The number of anilines is 1. The third kappa shape index (κ3) is 2.40. The quantitative estimate of drug-likeness (QED) is 0.845. The molecule has 0 unspecified atom stereocenters. The third-order valence-electron chi connectivity index (χ3n) is 3.18. The van der Waals surface area contributed by atoms with Crippen LogP contribution in [0.15, 0.2) is 12.1 Å². The van der Waals surface area contributed by atoms with Gasteiger partial charge in [-0.05, 0) is 6.07 Å². The number of esters is 1. The maximum Gasteiger partial charge on any atom is 0.358 e. The molecule has 0 fully saturated rings. The lowest BCUT2D eigenvalue weighted by Gasteiger charge is -2.11. The van der Waals surface area contributed by atoms with Crippen LogP contribution in [0.3, 0.4) is 0 Å². The predicted octanol–water partition coefficient (Wildman–Crippen LogP) is 2.78. The molecule has 1 aromatic carbocycles. The SMILES string of the molecule is COC(=O)c1nc(-c2c(F)cc3c(c2F)OCO3)cc(N)c1Cl. The molecule has 2 heterocycles. The molecule has 0 atom stereocenters. The van der Waals surface area contributed by atoms with E-state index >= 15 is 0 Å². The molecule has 0 aliphatic carbocycles. The monoisotopic (exact) mass is 342 g/mol. The van der Waals surface area contributed by atoms with Crippen molar-refractivity contribution in [2.45, 2.75) is 0 Å². The number of ether oxygens (including phenoxy) is 3. The Morgan fingerprint density at radius 3 is 2.83 bits per heavy atom. The molecular formula is C14H9ClF2N2O4. The Kier molecular flexibility index (Phi) is 3.69. The predicted molar refractivity (Wildman–Crippen MR) is 76.5 cm³/mol. The number of benzene rings is 1. The van der Waals surface area contributed by atoms with E-state index in [2.05, 4.69) is 9.72 Å². The number of aromatic nitrogens is 1. The number of hydrogen-bond acceptors (Lipinski definition) is 6. The summed E-state index contributed by atoms with van der Waals surface area (Å²) in [6, 6.07) is 2.11. The lowest BCUT2D eigenvalue weighted by Crippen LogP contribution is -2.09. The molecule has 0 saturated heterocycles. The molecule has 0 amide bonds. The fourth-order valence-electron chi connectivity index (χ4n) is 2.12. The average molecular weight is 343 g/mol. The summed E-state index contributed by atoms with van der Waals surface area (Å²) in [4.78, 5) is 15.5. The molecular weight excluding hydrogens is 334 g/mol. The van der Waals surface area contributed by atoms with E-state index < -0.39 is 23.2 Å². The Morgan fingerprint density at radius 1 is 1.39 bits per heavy atom. The highest BCUT2D eigenvalue weighted by Crippen LogP contribution is 2.42. The second-order valence-corrected chi connectivity index (χ2v) is 4.91. The summed E-state index contributed by atoms with van der Waals surface area (Å²) in [5, 5.41) is -0.165. The van der Waals surface area contributed by atoms with Gasteiger partial charge in [-0.25, -0.2) is 18.6 Å². The van der Waals surface area contributed by atoms with Crippen LogP contribution in [0.1, 0.15) is 10.5 Å². The van der Waals surface area contributed by atoms with Gasteiger partial charge >= 0.3 is 5.97 Å². The van der Waals surface area contributed by atoms with Crippen LogP contribution in [0.2, 0.25) is 5.02 Å². The molecule has 0 radical (unpaired) electrons. The zero-order valence-corrected chi connectivity index (χ0v) is 12.4. The topological polar surface area (TPSA) is 83.7 Å². The van der Waals surface area contributed by atoms with Crippen LogP contribution < -0.4 is 15.2 Å². The molecule has 1 aromatic heterocycles. The Bertz CT molecular complexity index is 829. The van der Waals surface area contributed by atoms with E-state index in [0.717, 1.165) is 19.2 Å². The summed E-state index contributed by atoms with van der Waals surface area (Å²) in [6.45, 7) is -0.223. The van der Waals surface area contributed by atoms with Crippen LogP contribution in [0.4, 0.5) is 14.5 Å². The van der Waals surface area contributed by atoms with E-state index in [1.165, 1.54) is 0 Å². The van der Waals surface area contributed by atoms with Crippen molar-refractivity contribution in [1.82, 2.24) is 4.98 Å². The van der Waals surface area contributed by atoms with E-state index in [1.54, 1.807) is 0 Å². The summed E-state index contributed by atoms with van der Waals surface area (Å²) in [5.74, 6) is -3.14. The van der Waals surface area contributed by atoms with Crippen LogP contribution >= 0.6 is 11.6 Å². The maximum absolute atomic E-state index is 14.5. The first-order valence-corrected chi connectivity index (χ1v) is 6.64. The molecule has 2 N–H and O–H groups in total. The molecule has 6 nitrogen and oxygen atoms in total. The number of methoxy groups -OCH3 is 1. The molecule has 1 aliphatic rings. The molecule has 0 bridgehead atoms. The molecule has 3 rings (SSSR count). The van der Waals surface area contributed by atoms with Crippen molar-refractivity contribution in [3.63, 3.8) is 0 Å². The van der Waals surface area contributed by atoms with Crippen molar-refractivity contribution in [1.29, 1.82) is 0 Å². The van der Waals surface area contributed by atoms with Gasteiger partial charge in [-0.2, -0.15) is 0 Å². The Balaban J connectivity index is 2.24. The standard InChI is InChI=1S/C14H9ClF2N2O4/c1-21-14(20)12-10(15)6(18)3-7(19-12)9-5(16)2-8-13(11(9)17)23-4-22-8/h2-3H,4H2,1H3,(H2,18,19). The van der Waals surface area contributed by atoms with E-state index in [4.69, 9.17) is 26.8 Å². The van der Waals surface area contributed by atoms with Crippen molar-refractivity contribution in [3.8, 4) is 22.8 Å².